The van der Waals surface area contributed by atoms with Crippen LogP contribution < -0.4 is 14.8 Å². The summed E-state index contributed by atoms with van der Waals surface area (Å²) in [6.07, 6.45) is 0.833. The minimum absolute atomic E-state index is 0.344. The summed E-state index contributed by atoms with van der Waals surface area (Å²) in [5.74, 6) is 1.07. The minimum atomic E-state index is -0.980. The number of aromatic nitrogens is 1. The first kappa shape index (κ1) is 14.0. The molecule has 1 aliphatic heterocycles. The molecule has 0 bridgehead atoms. The van der Waals surface area contributed by atoms with Crippen LogP contribution in [0.2, 0.25) is 0 Å². The van der Waals surface area contributed by atoms with Crippen molar-refractivity contribution >= 4 is 0 Å². The molecule has 1 N–H and O–H groups in total. The van der Waals surface area contributed by atoms with Gasteiger partial charge in [0.15, 0.2) is 0 Å². The predicted molar refractivity (Wildman–Crippen MR) is 68.4 cm³/mol. The van der Waals surface area contributed by atoms with E-state index in [1.807, 2.05) is 0 Å². The lowest BCUT2D eigenvalue weighted by Gasteiger charge is -2.27. The first-order valence-corrected chi connectivity index (χ1v) is 6.39. The fourth-order valence-electron chi connectivity index (χ4n) is 1.86. The van der Waals surface area contributed by atoms with Crippen LogP contribution in [0.15, 0.2) is 18.3 Å². The van der Waals surface area contributed by atoms with Gasteiger partial charge < -0.3 is 19.5 Å². The molecule has 0 unspecified atom stereocenters. The highest BCUT2D eigenvalue weighted by atomic mass is 19.1. The second-order valence-electron chi connectivity index (χ2n) is 4.34. The molecule has 0 amide bonds. The van der Waals surface area contributed by atoms with Gasteiger partial charge in [-0.2, -0.15) is 0 Å². The van der Waals surface area contributed by atoms with Gasteiger partial charge in [-0.1, -0.05) is 0 Å². The molecule has 19 heavy (non-hydrogen) atoms. The van der Waals surface area contributed by atoms with E-state index in [-0.39, 0.29) is 0 Å². The van der Waals surface area contributed by atoms with E-state index < -0.39 is 12.3 Å². The molecule has 0 spiro atoms. The number of pyridine rings is 1. The largest absolute Gasteiger partial charge is 0.486 e. The van der Waals surface area contributed by atoms with Gasteiger partial charge in [-0.3, -0.25) is 0 Å². The van der Waals surface area contributed by atoms with Gasteiger partial charge in [-0.05, 0) is 19.0 Å². The first-order valence-electron chi connectivity index (χ1n) is 6.39. The average Bonchev–Trinajstić information content (AvgIpc) is 2.44. The molecular formula is C13H19FN2O3. The molecule has 0 saturated carbocycles. The molecular weight excluding hydrogens is 251 g/mol. The maximum Gasteiger partial charge on any atom is 0.213 e. The van der Waals surface area contributed by atoms with Crippen LogP contribution in [0, 0.1) is 0 Å². The van der Waals surface area contributed by atoms with E-state index in [2.05, 4.69) is 10.3 Å². The Balaban J connectivity index is 1.84. The number of alkyl halides is 1. The van der Waals surface area contributed by atoms with Crippen molar-refractivity contribution in [2.24, 2.45) is 0 Å². The third kappa shape index (κ3) is 4.33. The number of nitrogens with zero attached hydrogens (tertiary/aromatic N) is 1. The highest BCUT2D eigenvalue weighted by Crippen LogP contribution is 2.19. The lowest BCUT2D eigenvalue weighted by Crippen LogP contribution is -2.44. The van der Waals surface area contributed by atoms with Crippen LogP contribution >= 0.6 is 0 Å². The van der Waals surface area contributed by atoms with E-state index in [0.29, 0.717) is 37.8 Å². The number of halogens is 1. The van der Waals surface area contributed by atoms with E-state index in [1.54, 1.807) is 25.4 Å². The van der Waals surface area contributed by atoms with Crippen molar-refractivity contribution in [2.75, 3.05) is 33.4 Å². The molecule has 1 saturated heterocycles. The van der Waals surface area contributed by atoms with Gasteiger partial charge in [0, 0.05) is 19.7 Å². The second kappa shape index (κ2) is 7.25. The van der Waals surface area contributed by atoms with Crippen molar-refractivity contribution in [3.63, 3.8) is 0 Å². The molecule has 6 heteroatoms. The topological polar surface area (TPSA) is 52.6 Å². The van der Waals surface area contributed by atoms with Crippen LogP contribution in [0.4, 0.5) is 4.39 Å². The summed E-state index contributed by atoms with van der Waals surface area (Å²) in [6.45, 7) is 2.08. The molecule has 1 aromatic rings. The van der Waals surface area contributed by atoms with Crippen LogP contribution in [-0.4, -0.2) is 50.7 Å². The Morgan fingerprint density at radius 2 is 2.32 bits per heavy atom. The van der Waals surface area contributed by atoms with Crippen LogP contribution in [0.25, 0.3) is 0 Å². The lowest BCUT2D eigenvalue weighted by molar-refractivity contribution is 0.0726. The Morgan fingerprint density at radius 1 is 1.42 bits per heavy atom. The summed E-state index contributed by atoms with van der Waals surface area (Å²) >= 11 is 0. The Hall–Kier alpha value is -1.40. The first-order chi connectivity index (χ1) is 9.29. The Kier molecular flexibility index (Phi) is 5.35. The fraction of sp³-hybridized carbons (Fsp3) is 0.615. The summed E-state index contributed by atoms with van der Waals surface area (Å²) < 4.78 is 29.4. The zero-order valence-corrected chi connectivity index (χ0v) is 11.0. The van der Waals surface area contributed by atoms with Gasteiger partial charge in [0.05, 0.1) is 12.8 Å². The maximum absolute atomic E-state index is 13.6. The van der Waals surface area contributed by atoms with Crippen molar-refractivity contribution in [1.82, 2.24) is 10.3 Å². The Bertz CT molecular complexity index is 375. The minimum Gasteiger partial charge on any atom is -0.486 e. The highest BCUT2D eigenvalue weighted by Gasteiger charge is 2.26. The fourth-order valence-corrected chi connectivity index (χ4v) is 1.86. The van der Waals surface area contributed by atoms with Gasteiger partial charge in [-0.25, -0.2) is 9.37 Å². The van der Waals surface area contributed by atoms with E-state index >= 15 is 0 Å². The zero-order chi connectivity index (χ0) is 13.5. The molecule has 106 valence electrons. The molecule has 5 nitrogen and oxygen atoms in total. The van der Waals surface area contributed by atoms with Crippen LogP contribution in [0.3, 0.4) is 0 Å². The number of rotatable bonds is 6. The summed E-state index contributed by atoms with van der Waals surface area (Å²) in [7, 11) is 1.61. The van der Waals surface area contributed by atoms with Crippen molar-refractivity contribution in [2.45, 2.75) is 18.7 Å². The Morgan fingerprint density at radius 3 is 3.00 bits per heavy atom. The number of nitrogens with one attached hydrogen (secondary N) is 1. The smallest absolute Gasteiger partial charge is 0.213 e. The molecule has 2 atom stereocenters. The molecule has 2 rings (SSSR count). The van der Waals surface area contributed by atoms with Crippen molar-refractivity contribution in [3.8, 4) is 11.6 Å². The standard InChI is InChI=1S/C13H19FN2O3/c1-17-6-7-18-13-3-2-10(8-16-13)19-12-4-5-15-9-11(12)14/h2-3,8,11-12,15H,4-7,9H2,1H3/t11-,12+/m0/s1. The zero-order valence-electron chi connectivity index (χ0n) is 11.0. The van der Waals surface area contributed by atoms with Gasteiger partial charge in [0.25, 0.3) is 0 Å². The number of ether oxygens (including phenoxy) is 3. The molecule has 1 aromatic heterocycles. The van der Waals surface area contributed by atoms with Gasteiger partial charge >= 0.3 is 0 Å². The lowest BCUT2D eigenvalue weighted by atomic mass is 10.1. The number of hydrogen-bond donors (Lipinski definition) is 1. The molecule has 0 aliphatic carbocycles. The maximum atomic E-state index is 13.6. The monoisotopic (exact) mass is 270 g/mol. The van der Waals surface area contributed by atoms with E-state index in [9.17, 15) is 4.39 Å². The number of piperidine rings is 1. The summed E-state index contributed by atoms with van der Waals surface area (Å²) in [6, 6.07) is 3.45. The highest BCUT2D eigenvalue weighted by molar-refractivity contribution is 5.23. The molecule has 0 aromatic carbocycles. The van der Waals surface area contributed by atoms with Gasteiger partial charge in [-0.15, -0.1) is 0 Å². The normalized spacial score (nSPS) is 23.1. The van der Waals surface area contributed by atoms with E-state index in [1.165, 1.54) is 0 Å². The average molecular weight is 270 g/mol. The molecule has 0 radical (unpaired) electrons. The molecule has 1 fully saturated rings. The summed E-state index contributed by atoms with van der Waals surface area (Å²) in [5, 5.41) is 2.99. The third-order valence-corrected chi connectivity index (χ3v) is 2.88. The predicted octanol–water partition coefficient (Wildman–Crippen LogP) is 1.19. The number of methoxy groups -OCH3 is 1. The summed E-state index contributed by atoms with van der Waals surface area (Å²) in [5.41, 5.74) is 0. The van der Waals surface area contributed by atoms with Gasteiger partial charge in [0.2, 0.25) is 5.88 Å². The van der Waals surface area contributed by atoms with Gasteiger partial charge in [0.1, 0.15) is 24.6 Å². The second-order valence-corrected chi connectivity index (χ2v) is 4.34. The third-order valence-electron chi connectivity index (χ3n) is 2.88. The Labute approximate surface area is 112 Å². The molecule has 1 aliphatic rings. The molecule has 2 heterocycles. The van der Waals surface area contributed by atoms with E-state index in [4.69, 9.17) is 14.2 Å². The van der Waals surface area contributed by atoms with E-state index in [0.717, 1.165) is 6.54 Å². The van der Waals surface area contributed by atoms with Crippen LogP contribution in [0.1, 0.15) is 6.42 Å². The van der Waals surface area contributed by atoms with Crippen molar-refractivity contribution in [1.29, 1.82) is 0 Å². The van der Waals surface area contributed by atoms with Crippen molar-refractivity contribution < 1.29 is 18.6 Å². The quantitative estimate of drug-likeness (QED) is 0.787. The number of hydrogen-bond acceptors (Lipinski definition) is 5. The SMILES string of the molecule is COCCOc1ccc(O[C@@H]2CCNC[C@@H]2F)cn1. The van der Waals surface area contributed by atoms with Crippen LogP contribution in [0.5, 0.6) is 11.6 Å². The summed E-state index contributed by atoms with van der Waals surface area (Å²) in [4.78, 5) is 4.10. The van der Waals surface area contributed by atoms with Crippen molar-refractivity contribution in [3.05, 3.63) is 18.3 Å². The van der Waals surface area contributed by atoms with Crippen LogP contribution in [-0.2, 0) is 4.74 Å².